The van der Waals surface area contributed by atoms with E-state index in [1.165, 1.54) is 30.3 Å². The fourth-order valence-corrected chi connectivity index (χ4v) is 3.21. The van der Waals surface area contributed by atoms with E-state index in [9.17, 15) is 8.42 Å². The van der Waals surface area contributed by atoms with Crippen molar-refractivity contribution in [2.75, 3.05) is 37.8 Å². The Morgan fingerprint density at radius 2 is 1.93 bits per heavy atom. The summed E-state index contributed by atoms with van der Waals surface area (Å²) in [5.41, 5.74) is 2.44. The van der Waals surface area contributed by atoms with E-state index in [1.807, 2.05) is 0 Å². The number of halogens is 1. The third kappa shape index (κ3) is 6.51. The molecule has 1 unspecified atom stereocenters. The quantitative estimate of drug-likeness (QED) is 0.351. The smallest absolute Gasteiger partial charge is 0.191 e. The zero-order chi connectivity index (χ0) is 19.4. The molecule has 0 saturated carbocycles. The van der Waals surface area contributed by atoms with Crippen LogP contribution in [0.4, 0.5) is 5.69 Å². The average Bonchev–Trinajstić information content (AvgIpc) is 3.12. The van der Waals surface area contributed by atoms with Crippen molar-refractivity contribution in [3.63, 3.8) is 0 Å². The maximum absolute atomic E-state index is 11.9. The fraction of sp³-hybridized carbons (Fsp3) is 0.632. The molecule has 1 fully saturated rings. The van der Waals surface area contributed by atoms with Crippen LogP contribution >= 0.6 is 24.0 Å². The number of nitrogens with zero attached hydrogens (tertiary/aromatic N) is 2. The summed E-state index contributed by atoms with van der Waals surface area (Å²) in [4.78, 5) is 6.64. The molecule has 1 aliphatic rings. The molecule has 0 aliphatic carbocycles. The molecule has 1 heterocycles. The minimum absolute atomic E-state index is 0. The topological polar surface area (TPSA) is 73.8 Å². The van der Waals surface area contributed by atoms with Crippen LogP contribution in [0.15, 0.2) is 29.3 Å². The van der Waals surface area contributed by atoms with E-state index >= 15 is 0 Å². The lowest BCUT2D eigenvalue weighted by Crippen LogP contribution is -2.48. The third-order valence-corrected chi connectivity index (χ3v) is 7.26. The standard InChI is InChI=1S/C19H32N4O2S.HI/c1-15(16-9-8-10-17(13-16)23-11-6-7-12-23)22-18(20-4)21-14-19(2,3)26(5,24)25;/h8-10,13,15H,6-7,11-12,14H2,1-5H3,(H2,20,21,22);1H. The highest BCUT2D eigenvalue weighted by Gasteiger charge is 2.30. The first-order valence-electron chi connectivity index (χ1n) is 9.16. The second-order valence-electron chi connectivity index (χ2n) is 7.61. The number of nitrogens with one attached hydrogen (secondary N) is 2. The maximum Gasteiger partial charge on any atom is 0.191 e. The van der Waals surface area contributed by atoms with Crippen LogP contribution in [0.25, 0.3) is 0 Å². The molecule has 6 nitrogen and oxygen atoms in total. The van der Waals surface area contributed by atoms with Gasteiger partial charge in [-0.25, -0.2) is 8.42 Å². The van der Waals surface area contributed by atoms with E-state index in [1.54, 1.807) is 20.9 Å². The summed E-state index contributed by atoms with van der Waals surface area (Å²) in [6, 6.07) is 8.62. The summed E-state index contributed by atoms with van der Waals surface area (Å²) in [5, 5.41) is 6.49. The summed E-state index contributed by atoms with van der Waals surface area (Å²) < 4.78 is 22.9. The molecule has 1 aromatic carbocycles. The number of benzene rings is 1. The van der Waals surface area contributed by atoms with Gasteiger partial charge in [0.1, 0.15) is 0 Å². The third-order valence-electron chi connectivity index (χ3n) is 5.10. The number of anilines is 1. The van der Waals surface area contributed by atoms with Gasteiger partial charge in [-0.1, -0.05) is 12.1 Å². The fourth-order valence-electron chi connectivity index (χ4n) is 2.88. The van der Waals surface area contributed by atoms with E-state index < -0.39 is 14.6 Å². The molecule has 0 bridgehead atoms. The number of sulfone groups is 1. The highest BCUT2D eigenvalue weighted by Crippen LogP contribution is 2.24. The number of hydrogen-bond acceptors (Lipinski definition) is 4. The molecule has 8 heteroatoms. The van der Waals surface area contributed by atoms with Crippen LogP contribution in [0.3, 0.4) is 0 Å². The van der Waals surface area contributed by atoms with Gasteiger partial charge < -0.3 is 15.5 Å². The summed E-state index contributed by atoms with van der Waals surface area (Å²) >= 11 is 0. The lowest BCUT2D eigenvalue weighted by Gasteiger charge is -2.26. The Bertz CT molecular complexity index is 744. The van der Waals surface area contributed by atoms with Crippen molar-refractivity contribution < 1.29 is 8.42 Å². The second kappa shape index (κ2) is 9.95. The largest absolute Gasteiger partial charge is 0.372 e. The molecular weight excluding hydrogens is 475 g/mol. The lowest BCUT2D eigenvalue weighted by atomic mass is 10.1. The molecule has 0 spiro atoms. The van der Waals surface area contributed by atoms with Gasteiger partial charge >= 0.3 is 0 Å². The molecule has 27 heavy (non-hydrogen) atoms. The molecule has 2 N–H and O–H groups in total. The number of guanidine groups is 1. The Balaban J connectivity index is 0.00000364. The number of rotatable bonds is 6. The summed E-state index contributed by atoms with van der Waals surface area (Å²) in [6.45, 7) is 8.05. The summed E-state index contributed by atoms with van der Waals surface area (Å²) in [6.07, 6.45) is 3.77. The normalized spacial score (nSPS) is 16.6. The van der Waals surface area contributed by atoms with Crippen LogP contribution in [0.2, 0.25) is 0 Å². The first-order chi connectivity index (χ1) is 12.1. The lowest BCUT2D eigenvalue weighted by molar-refractivity contribution is 0.542. The molecule has 1 aromatic rings. The van der Waals surface area contributed by atoms with Gasteiger partial charge in [0, 0.05) is 38.6 Å². The Morgan fingerprint density at radius 1 is 1.30 bits per heavy atom. The molecule has 1 aliphatic heterocycles. The van der Waals surface area contributed by atoms with Crippen molar-refractivity contribution in [1.82, 2.24) is 10.6 Å². The van der Waals surface area contributed by atoms with Crippen molar-refractivity contribution in [2.24, 2.45) is 4.99 Å². The molecule has 2 rings (SSSR count). The monoisotopic (exact) mass is 508 g/mol. The van der Waals surface area contributed by atoms with E-state index in [-0.39, 0.29) is 30.0 Å². The Labute approximate surface area is 181 Å². The Morgan fingerprint density at radius 3 is 2.48 bits per heavy atom. The van der Waals surface area contributed by atoms with Crippen LogP contribution in [-0.2, 0) is 9.84 Å². The van der Waals surface area contributed by atoms with Gasteiger partial charge in [-0.05, 0) is 51.3 Å². The number of aliphatic imine (C=N–C) groups is 1. The highest BCUT2D eigenvalue weighted by molar-refractivity contribution is 14.0. The van der Waals surface area contributed by atoms with E-state index in [4.69, 9.17) is 0 Å². The SMILES string of the molecule is CN=C(NCC(C)(C)S(C)(=O)=O)NC(C)c1cccc(N2CCCC2)c1.I. The van der Waals surface area contributed by atoms with Gasteiger partial charge in [0.15, 0.2) is 15.8 Å². The van der Waals surface area contributed by atoms with Crippen molar-refractivity contribution in [1.29, 1.82) is 0 Å². The van der Waals surface area contributed by atoms with E-state index in [0.717, 1.165) is 13.1 Å². The molecular formula is C19H33IN4O2S. The molecule has 0 aromatic heterocycles. The van der Waals surface area contributed by atoms with Crippen molar-refractivity contribution in [3.05, 3.63) is 29.8 Å². The van der Waals surface area contributed by atoms with E-state index in [2.05, 4.69) is 51.7 Å². The molecule has 0 radical (unpaired) electrons. The van der Waals surface area contributed by atoms with Gasteiger partial charge in [0.25, 0.3) is 0 Å². The van der Waals surface area contributed by atoms with Crippen molar-refractivity contribution in [2.45, 2.75) is 44.4 Å². The summed E-state index contributed by atoms with van der Waals surface area (Å²) in [7, 11) is -1.46. The summed E-state index contributed by atoms with van der Waals surface area (Å²) in [5.74, 6) is 0.598. The van der Waals surface area contributed by atoms with Gasteiger partial charge in [-0.2, -0.15) is 0 Å². The minimum Gasteiger partial charge on any atom is -0.372 e. The molecule has 154 valence electrons. The Kier molecular flexibility index (Phi) is 8.85. The van der Waals surface area contributed by atoms with Gasteiger partial charge in [-0.15, -0.1) is 24.0 Å². The molecule has 1 saturated heterocycles. The second-order valence-corrected chi connectivity index (χ2v) is 10.3. The van der Waals surface area contributed by atoms with Crippen LogP contribution < -0.4 is 15.5 Å². The van der Waals surface area contributed by atoms with Crippen LogP contribution in [-0.4, -0.2) is 52.1 Å². The number of hydrogen-bond donors (Lipinski definition) is 2. The molecule has 0 amide bonds. The predicted octanol–water partition coefficient (Wildman–Crippen LogP) is 2.95. The zero-order valence-electron chi connectivity index (χ0n) is 16.9. The average molecular weight is 508 g/mol. The van der Waals surface area contributed by atoms with Crippen molar-refractivity contribution >= 4 is 45.5 Å². The van der Waals surface area contributed by atoms with Gasteiger partial charge in [0.2, 0.25) is 0 Å². The van der Waals surface area contributed by atoms with E-state index in [0.29, 0.717) is 12.5 Å². The first-order valence-corrected chi connectivity index (χ1v) is 11.0. The Hall–Kier alpha value is -1.03. The maximum atomic E-state index is 11.9. The van der Waals surface area contributed by atoms with Crippen LogP contribution in [0.5, 0.6) is 0 Å². The molecule has 1 atom stereocenters. The van der Waals surface area contributed by atoms with Crippen LogP contribution in [0, 0.1) is 0 Å². The van der Waals surface area contributed by atoms with Gasteiger partial charge in [-0.3, -0.25) is 4.99 Å². The predicted molar refractivity (Wildman–Crippen MR) is 125 cm³/mol. The van der Waals surface area contributed by atoms with Crippen molar-refractivity contribution in [3.8, 4) is 0 Å². The van der Waals surface area contributed by atoms with Crippen LogP contribution in [0.1, 0.15) is 45.2 Å². The zero-order valence-corrected chi connectivity index (χ0v) is 20.1. The van der Waals surface area contributed by atoms with Gasteiger partial charge in [0.05, 0.1) is 10.8 Å². The highest BCUT2D eigenvalue weighted by atomic mass is 127. The minimum atomic E-state index is -3.15. The first kappa shape index (κ1) is 24.0.